The summed E-state index contributed by atoms with van der Waals surface area (Å²) in [5.41, 5.74) is 0. The molecule has 402 valence electrons. The van der Waals surface area contributed by atoms with E-state index in [1.807, 2.05) is 21.1 Å². The molecule has 0 amide bonds. The number of ether oxygens (including phenoxy) is 2. The highest BCUT2D eigenvalue weighted by molar-refractivity contribution is 7.45. The lowest BCUT2D eigenvalue weighted by molar-refractivity contribution is -0.870. The van der Waals surface area contributed by atoms with Crippen LogP contribution in [0.5, 0.6) is 0 Å². The smallest absolute Gasteiger partial charge is 0.306 e. The number of unbranched alkanes of at least 4 members (excludes halogenated alkanes) is 27. The van der Waals surface area contributed by atoms with Crippen molar-refractivity contribution in [3.63, 3.8) is 0 Å². The number of phosphoric ester groups is 1. The van der Waals surface area contributed by atoms with Crippen LogP contribution < -0.4 is 4.89 Å². The summed E-state index contributed by atoms with van der Waals surface area (Å²) in [5.74, 6) is -0.351. The number of quaternary nitrogens is 1. The van der Waals surface area contributed by atoms with Crippen molar-refractivity contribution in [1.82, 2.24) is 0 Å². The van der Waals surface area contributed by atoms with Crippen LogP contribution in [-0.2, 0) is 27.9 Å². The van der Waals surface area contributed by atoms with Crippen LogP contribution in [0.15, 0.2) is 72.9 Å². The first-order valence-electron chi connectivity index (χ1n) is 28.7. The van der Waals surface area contributed by atoms with Gasteiger partial charge in [0.05, 0.1) is 34.4 Å². The van der Waals surface area contributed by atoms with Gasteiger partial charge in [-0.15, -0.1) is 0 Å². The second-order valence-corrected chi connectivity index (χ2v) is 21.7. The lowest BCUT2D eigenvalue weighted by Crippen LogP contribution is -2.37. The molecule has 8 nitrogen and oxygen atoms in total. The molecule has 0 aliphatic carbocycles. The first-order chi connectivity index (χ1) is 33.6. The fourth-order valence-electron chi connectivity index (χ4n) is 7.86. The zero-order valence-corrected chi connectivity index (χ0v) is 46.6. The maximum atomic E-state index is 12.8. The van der Waals surface area contributed by atoms with E-state index in [4.69, 9.17) is 18.5 Å². The number of carbonyl (C=O) groups is 1. The summed E-state index contributed by atoms with van der Waals surface area (Å²) in [5, 5.41) is 0. The number of likely N-dealkylation sites (N-methyl/N-ethyl adjacent to an activating group) is 1. The third-order valence-corrected chi connectivity index (χ3v) is 13.2. The average Bonchev–Trinajstić information content (AvgIpc) is 3.31. The topological polar surface area (TPSA) is 94.1 Å². The Morgan fingerprint density at radius 2 is 0.841 bits per heavy atom. The summed E-state index contributed by atoms with van der Waals surface area (Å²) in [7, 11) is 1.34. The molecule has 0 radical (unpaired) electrons. The van der Waals surface area contributed by atoms with E-state index in [9.17, 15) is 14.3 Å². The monoisotopic (exact) mass is 988 g/mol. The molecule has 0 fully saturated rings. The zero-order valence-electron chi connectivity index (χ0n) is 45.7. The van der Waals surface area contributed by atoms with E-state index in [1.165, 1.54) is 141 Å². The van der Waals surface area contributed by atoms with Gasteiger partial charge in [0.25, 0.3) is 7.82 Å². The quantitative estimate of drug-likeness (QED) is 0.0197. The van der Waals surface area contributed by atoms with E-state index in [0.717, 1.165) is 83.5 Å². The SMILES string of the molecule is CC/C=C\C/C=C\C/C=C\C/C=C\C/C=C\CCCCCCCC(=O)OC(COCCCCCCCCCCCCCCCC/C=C\CCCCCCCCCC)COP(=O)([O-])OCC[N+](C)(C)C. The van der Waals surface area contributed by atoms with Gasteiger partial charge in [-0.3, -0.25) is 9.36 Å². The van der Waals surface area contributed by atoms with Crippen LogP contribution >= 0.6 is 7.82 Å². The number of hydrogen-bond donors (Lipinski definition) is 0. The summed E-state index contributed by atoms with van der Waals surface area (Å²) in [6, 6.07) is 0. The number of esters is 1. The van der Waals surface area contributed by atoms with Crippen LogP contribution in [0.3, 0.4) is 0 Å². The van der Waals surface area contributed by atoms with Crippen molar-refractivity contribution in [3.05, 3.63) is 72.9 Å². The number of phosphoric acid groups is 1. The van der Waals surface area contributed by atoms with Gasteiger partial charge in [0.15, 0.2) is 0 Å². The lowest BCUT2D eigenvalue weighted by Gasteiger charge is -2.28. The molecule has 0 aromatic heterocycles. The molecule has 0 saturated carbocycles. The van der Waals surface area contributed by atoms with Gasteiger partial charge >= 0.3 is 5.97 Å². The minimum Gasteiger partial charge on any atom is -0.756 e. The first-order valence-corrected chi connectivity index (χ1v) is 30.1. The number of carbonyl (C=O) groups excluding carboxylic acids is 1. The maximum Gasteiger partial charge on any atom is 0.306 e. The van der Waals surface area contributed by atoms with Crippen molar-refractivity contribution in [1.29, 1.82) is 0 Å². The molecular formula is C60H110NO7P. The molecule has 0 saturated heterocycles. The van der Waals surface area contributed by atoms with E-state index >= 15 is 0 Å². The van der Waals surface area contributed by atoms with Gasteiger partial charge in [-0.2, -0.15) is 0 Å². The fraction of sp³-hybridized carbons (Fsp3) is 0.783. The van der Waals surface area contributed by atoms with Crippen LogP contribution in [0.4, 0.5) is 0 Å². The summed E-state index contributed by atoms with van der Waals surface area (Å²) < 4.78 is 34.8. The van der Waals surface area contributed by atoms with Crippen LogP contribution in [0.1, 0.15) is 245 Å². The Kier molecular flexibility index (Phi) is 50.7. The third-order valence-electron chi connectivity index (χ3n) is 12.2. The van der Waals surface area contributed by atoms with E-state index in [0.29, 0.717) is 17.6 Å². The van der Waals surface area contributed by atoms with Crippen LogP contribution in [0.25, 0.3) is 0 Å². The molecule has 0 spiro atoms. The highest BCUT2D eigenvalue weighted by atomic mass is 31.2. The summed E-state index contributed by atoms with van der Waals surface area (Å²) in [6.45, 7) is 5.29. The summed E-state index contributed by atoms with van der Waals surface area (Å²) >= 11 is 0. The minimum atomic E-state index is -4.54. The van der Waals surface area contributed by atoms with Crippen LogP contribution in [-0.4, -0.2) is 70.7 Å². The molecule has 0 rings (SSSR count). The normalized spacial score (nSPS) is 14.0. The second-order valence-electron chi connectivity index (χ2n) is 20.3. The molecular weight excluding hydrogens is 878 g/mol. The third kappa shape index (κ3) is 56.7. The highest BCUT2D eigenvalue weighted by Crippen LogP contribution is 2.38. The van der Waals surface area contributed by atoms with Gasteiger partial charge in [-0.05, 0) is 83.5 Å². The number of nitrogens with zero attached hydrogens (tertiary/aromatic N) is 1. The number of hydrogen-bond acceptors (Lipinski definition) is 7. The molecule has 0 heterocycles. The van der Waals surface area contributed by atoms with E-state index in [2.05, 4.69) is 86.8 Å². The van der Waals surface area contributed by atoms with Gasteiger partial charge in [0, 0.05) is 13.0 Å². The molecule has 0 aliphatic rings. The Morgan fingerprint density at radius 1 is 0.464 bits per heavy atom. The Hall–Kier alpha value is -2.06. The van der Waals surface area contributed by atoms with E-state index in [-0.39, 0.29) is 32.2 Å². The molecule has 2 unspecified atom stereocenters. The average molecular weight is 989 g/mol. The van der Waals surface area contributed by atoms with Crippen molar-refractivity contribution < 1.29 is 37.3 Å². The number of allylic oxidation sites excluding steroid dienone is 12. The standard InChI is InChI=1S/C60H110NO7P/c1-6-8-10-12-14-16-18-20-22-24-26-28-29-30-31-32-34-36-38-40-42-44-46-48-50-52-55-65-57-59(58-67-69(63,64)66-56-54-61(3,4)5)68-60(62)53-51-49-47-45-43-41-39-37-35-33-27-25-23-21-19-17-15-13-11-9-7-2/h9,11,15,17,21,23-24,26-27,33,37,39,59H,6-8,10,12-14,16,18-20,22,25,28-32,34-36,38,40-58H2,1-5H3/b11-9-,17-15-,23-21-,26-24-,33-27-,39-37-. The van der Waals surface area contributed by atoms with Crippen molar-refractivity contribution in [2.75, 3.05) is 54.1 Å². The molecule has 0 bridgehead atoms. The number of rotatable bonds is 53. The molecule has 2 atom stereocenters. The van der Waals surface area contributed by atoms with Crippen molar-refractivity contribution in [3.8, 4) is 0 Å². The maximum absolute atomic E-state index is 12.8. The molecule has 0 aromatic carbocycles. The van der Waals surface area contributed by atoms with Gasteiger partial charge in [0.2, 0.25) is 0 Å². The fourth-order valence-corrected chi connectivity index (χ4v) is 8.59. The Morgan fingerprint density at radius 3 is 1.28 bits per heavy atom. The van der Waals surface area contributed by atoms with Crippen molar-refractivity contribution in [2.45, 2.75) is 251 Å². The lowest BCUT2D eigenvalue weighted by atomic mass is 10.0. The van der Waals surface area contributed by atoms with Crippen molar-refractivity contribution >= 4 is 13.8 Å². The highest BCUT2D eigenvalue weighted by Gasteiger charge is 2.20. The van der Waals surface area contributed by atoms with Crippen molar-refractivity contribution in [2.24, 2.45) is 0 Å². The molecule has 69 heavy (non-hydrogen) atoms. The molecule has 9 heteroatoms. The van der Waals surface area contributed by atoms with Gasteiger partial charge in [-0.25, -0.2) is 0 Å². The minimum absolute atomic E-state index is 0.0195. The van der Waals surface area contributed by atoms with Gasteiger partial charge < -0.3 is 27.9 Å². The van der Waals surface area contributed by atoms with Gasteiger partial charge in [0.1, 0.15) is 19.3 Å². The predicted molar refractivity (Wildman–Crippen MR) is 296 cm³/mol. The van der Waals surface area contributed by atoms with Gasteiger partial charge in [-0.1, -0.05) is 228 Å². The first kappa shape index (κ1) is 66.9. The molecule has 0 aromatic rings. The summed E-state index contributed by atoms with van der Waals surface area (Å²) in [6.07, 6.45) is 69.5. The zero-order chi connectivity index (χ0) is 50.5. The Balaban J connectivity index is 4.10. The summed E-state index contributed by atoms with van der Waals surface area (Å²) in [4.78, 5) is 25.2. The second kappa shape index (κ2) is 52.3. The molecule has 0 N–H and O–H groups in total. The predicted octanol–water partition coefficient (Wildman–Crippen LogP) is 17.5. The van der Waals surface area contributed by atoms with E-state index in [1.54, 1.807) is 0 Å². The van der Waals surface area contributed by atoms with E-state index < -0.39 is 13.9 Å². The van der Waals surface area contributed by atoms with Crippen LogP contribution in [0, 0.1) is 0 Å². The largest absolute Gasteiger partial charge is 0.756 e. The Labute approximate surface area is 427 Å². The Bertz CT molecular complexity index is 1330. The molecule has 0 aliphatic heterocycles. The van der Waals surface area contributed by atoms with Crippen LogP contribution in [0.2, 0.25) is 0 Å².